The normalized spacial score (nSPS) is 20.8. The van der Waals surface area contributed by atoms with E-state index in [1.165, 1.54) is 6.08 Å². The lowest BCUT2D eigenvalue weighted by Gasteiger charge is -2.36. The molecule has 1 fully saturated rings. The molecule has 0 bridgehead atoms. The van der Waals surface area contributed by atoms with Gasteiger partial charge >= 0.3 is 0 Å². The van der Waals surface area contributed by atoms with Gasteiger partial charge in [0.2, 0.25) is 11.9 Å². The van der Waals surface area contributed by atoms with Gasteiger partial charge in [0.15, 0.2) is 11.5 Å². The Hall–Kier alpha value is -3.49. The smallest absolute Gasteiger partial charge is 0.273 e. The molecule has 9 heteroatoms. The fourth-order valence-electron chi connectivity index (χ4n) is 3.68. The minimum atomic E-state index is -0.713. The van der Waals surface area contributed by atoms with E-state index in [1.54, 1.807) is 0 Å². The fraction of sp³-hybridized carbons (Fsp3) is 0.381. The first-order valence-electron chi connectivity index (χ1n) is 9.95. The maximum absolute atomic E-state index is 11.8. The summed E-state index contributed by atoms with van der Waals surface area (Å²) < 4.78 is 0. The molecule has 3 rings (SSSR count). The third-order valence-electron chi connectivity index (χ3n) is 5.33. The molecule has 1 unspecified atom stereocenters. The van der Waals surface area contributed by atoms with Crippen LogP contribution in [0.2, 0.25) is 0 Å². The lowest BCUT2D eigenvalue weighted by molar-refractivity contribution is -0.117. The van der Waals surface area contributed by atoms with Crippen molar-refractivity contribution >= 4 is 29.3 Å². The topological polar surface area (TPSA) is 135 Å². The Balaban J connectivity index is 1.79. The van der Waals surface area contributed by atoms with Crippen molar-refractivity contribution in [3.63, 3.8) is 0 Å². The van der Waals surface area contributed by atoms with E-state index in [1.807, 2.05) is 31.2 Å². The van der Waals surface area contributed by atoms with Crippen LogP contribution in [0.5, 0.6) is 0 Å². The standard InChI is InChI=1S/C21H27N7O2/c1-4-17(29)24-15-9-6-10-16(13(15)3)25-21-26-20(18(19(22)30)27-28-21)23-14-8-5-7-12(2)11-14/h4-5,7-8,11,13,15-16H,1,6,9-10H2,2-3H3,(H2,22,30)(H,24,29)(H2,23,25,26,28)/t13-,15?,16+/m0/s1. The van der Waals surface area contributed by atoms with Gasteiger partial charge in [-0.2, -0.15) is 4.98 Å². The predicted molar refractivity (Wildman–Crippen MR) is 115 cm³/mol. The monoisotopic (exact) mass is 409 g/mol. The average molecular weight is 409 g/mol. The van der Waals surface area contributed by atoms with E-state index in [0.717, 1.165) is 30.5 Å². The first-order valence-corrected chi connectivity index (χ1v) is 9.95. The minimum Gasteiger partial charge on any atom is -0.364 e. The molecule has 0 aliphatic heterocycles. The number of carbonyl (C=O) groups excluding carboxylic acids is 2. The molecule has 3 atom stereocenters. The van der Waals surface area contributed by atoms with Gasteiger partial charge in [-0.05, 0) is 55.9 Å². The van der Waals surface area contributed by atoms with E-state index < -0.39 is 5.91 Å². The Kier molecular flexibility index (Phi) is 6.61. The zero-order valence-corrected chi connectivity index (χ0v) is 17.2. The van der Waals surface area contributed by atoms with E-state index >= 15 is 0 Å². The number of hydrogen-bond donors (Lipinski definition) is 4. The first kappa shape index (κ1) is 21.2. The Labute approximate surface area is 175 Å². The third kappa shape index (κ3) is 5.11. The van der Waals surface area contributed by atoms with Gasteiger partial charge in [-0.15, -0.1) is 10.2 Å². The largest absolute Gasteiger partial charge is 0.364 e. The number of aromatic nitrogens is 3. The van der Waals surface area contributed by atoms with Crippen molar-refractivity contribution in [3.05, 3.63) is 48.2 Å². The first-order chi connectivity index (χ1) is 14.4. The van der Waals surface area contributed by atoms with Gasteiger partial charge in [-0.1, -0.05) is 25.6 Å². The van der Waals surface area contributed by atoms with Crippen LogP contribution in [0, 0.1) is 12.8 Å². The quantitative estimate of drug-likeness (QED) is 0.515. The molecule has 1 aromatic heterocycles. The van der Waals surface area contributed by atoms with Crippen molar-refractivity contribution < 1.29 is 9.59 Å². The lowest BCUT2D eigenvalue weighted by Crippen LogP contribution is -2.48. The number of amides is 2. The fourth-order valence-corrected chi connectivity index (χ4v) is 3.68. The predicted octanol–water partition coefficient (Wildman–Crippen LogP) is 2.29. The molecule has 1 heterocycles. The summed E-state index contributed by atoms with van der Waals surface area (Å²) in [5.41, 5.74) is 7.24. The van der Waals surface area contributed by atoms with Crippen molar-refractivity contribution in [2.75, 3.05) is 10.6 Å². The third-order valence-corrected chi connectivity index (χ3v) is 5.33. The van der Waals surface area contributed by atoms with Gasteiger partial charge in [-0.25, -0.2) is 0 Å². The molecule has 158 valence electrons. The molecule has 2 amide bonds. The summed E-state index contributed by atoms with van der Waals surface area (Å²) in [5.74, 6) is -0.209. The second-order valence-electron chi connectivity index (χ2n) is 7.55. The Morgan fingerprint density at radius 3 is 2.70 bits per heavy atom. The number of rotatable bonds is 7. The van der Waals surface area contributed by atoms with Gasteiger partial charge in [0.1, 0.15) is 0 Å². The van der Waals surface area contributed by atoms with Crippen molar-refractivity contribution in [2.24, 2.45) is 11.7 Å². The molecule has 9 nitrogen and oxygen atoms in total. The Bertz CT molecular complexity index is 947. The maximum Gasteiger partial charge on any atom is 0.273 e. The maximum atomic E-state index is 11.8. The van der Waals surface area contributed by atoms with Crippen LogP contribution in [0.25, 0.3) is 0 Å². The molecule has 5 N–H and O–H groups in total. The molecule has 0 spiro atoms. The zero-order valence-electron chi connectivity index (χ0n) is 17.2. The van der Waals surface area contributed by atoms with Crippen molar-refractivity contribution in [2.45, 2.75) is 45.2 Å². The number of nitrogens with two attached hydrogens (primary N) is 1. The Morgan fingerprint density at radius 2 is 2.00 bits per heavy atom. The zero-order chi connectivity index (χ0) is 21.7. The van der Waals surface area contributed by atoms with Crippen molar-refractivity contribution in [3.8, 4) is 0 Å². The van der Waals surface area contributed by atoms with Crippen LogP contribution in [0.1, 0.15) is 42.2 Å². The van der Waals surface area contributed by atoms with E-state index in [9.17, 15) is 9.59 Å². The second kappa shape index (κ2) is 9.34. The molecule has 0 radical (unpaired) electrons. The molecule has 30 heavy (non-hydrogen) atoms. The summed E-state index contributed by atoms with van der Waals surface area (Å²) >= 11 is 0. The number of benzene rings is 1. The lowest BCUT2D eigenvalue weighted by atomic mass is 9.81. The van der Waals surface area contributed by atoms with Gasteiger partial charge < -0.3 is 21.7 Å². The summed E-state index contributed by atoms with van der Waals surface area (Å²) in [6, 6.07) is 7.74. The van der Waals surface area contributed by atoms with E-state index in [4.69, 9.17) is 5.73 Å². The van der Waals surface area contributed by atoms with E-state index in [2.05, 4.69) is 44.6 Å². The highest BCUT2D eigenvalue weighted by Gasteiger charge is 2.31. The minimum absolute atomic E-state index is 0.0319. The number of nitrogens with zero attached hydrogens (tertiary/aromatic N) is 3. The van der Waals surface area contributed by atoms with E-state index in [-0.39, 0.29) is 35.4 Å². The average Bonchev–Trinajstić information content (AvgIpc) is 2.71. The van der Waals surface area contributed by atoms with Gasteiger partial charge in [0, 0.05) is 17.8 Å². The molecule has 2 aromatic rings. The van der Waals surface area contributed by atoms with Crippen LogP contribution in [-0.4, -0.2) is 39.1 Å². The summed E-state index contributed by atoms with van der Waals surface area (Å²) in [6.45, 7) is 7.55. The molecular weight excluding hydrogens is 382 g/mol. The van der Waals surface area contributed by atoms with Crippen molar-refractivity contribution in [1.82, 2.24) is 20.5 Å². The van der Waals surface area contributed by atoms with Gasteiger partial charge in [0.05, 0.1) is 0 Å². The number of aryl methyl sites for hydroxylation is 1. The van der Waals surface area contributed by atoms with Crippen LogP contribution < -0.4 is 21.7 Å². The number of carbonyl (C=O) groups is 2. The van der Waals surface area contributed by atoms with Crippen LogP contribution in [0.4, 0.5) is 17.5 Å². The second-order valence-corrected chi connectivity index (χ2v) is 7.55. The molecule has 1 aliphatic carbocycles. The molecular formula is C21H27N7O2. The molecule has 1 saturated carbocycles. The number of primary amides is 1. The highest BCUT2D eigenvalue weighted by Crippen LogP contribution is 2.27. The van der Waals surface area contributed by atoms with Crippen LogP contribution >= 0.6 is 0 Å². The summed E-state index contributed by atoms with van der Waals surface area (Å²) in [6.07, 6.45) is 4.04. The number of anilines is 3. The summed E-state index contributed by atoms with van der Waals surface area (Å²) in [5, 5.41) is 17.4. The van der Waals surface area contributed by atoms with Gasteiger partial charge in [0.25, 0.3) is 5.91 Å². The molecule has 0 saturated heterocycles. The number of hydrogen-bond acceptors (Lipinski definition) is 7. The summed E-state index contributed by atoms with van der Waals surface area (Å²) in [7, 11) is 0. The summed E-state index contributed by atoms with van der Waals surface area (Å²) in [4.78, 5) is 27.9. The highest BCUT2D eigenvalue weighted by atomic mass is 16.2. The molecule has 1 aromatic carbocycles. The van der Waals surface area contributed by atoms with Crippen molar-refractivity contribution in [1.29, 1.82) is 0 Å². The van der Waals surface area contributed by atoms with Gasteiger partial charge in [-0.3, -0.25) is 9.59 Å². The number of nitrogens with one attached hydrogen (secondary N) is 3. The Morgan fingerprint density at radius 1 is 1.23 bits per heavy atom. The van der Waals surface area contributed by atoms with Crippen LogP contribution in [0.3, 0.4) is 0 Å². The highest BCUT2D eigenvalue weighted by molar-refractivity contribution is 5.96. The SMILES string of the molecule is C=CC(=O)NC1CCC[C@@H](Nc2nnc(C(N)=O)c(Nc3cccc(C)c3)n2)[C@H]1C. The van der Waals surface area contributed by atoms with Crippen LogP contribution in [-0.2, 0) is 4.79 Å². The molecule has 1 aliphatic rings. The van der Waals surface area contributed by atoms with Crippen LogP contribution in [0.15, 0.2) is 36.9 Å². The van der Waals surface area contributed by atoms with E-state index in [0.29, 0.717) is 5.95 Å².